The molecule has 3 aromatic rings. The van der Waals surface area contributed by atoms with Gasteiger partial charge in [-0.1, -0.05) is 29.8 Å². The van der Waals surface area contributed by atoms with Crippen LogP contribution in [0.25, 0.3) is 22.2 Å². The Bertz CT molecular complexity index is 1460. The van der Waals surface area contributed by atoms with E-state index in [-0.39, 0.29) is 22.8 Å². The Morgan fingerprint density at radius 2 is 1.85 bits per heavy atom. The van der Waals surface area contributed by atoms with Crippen molar-refractivity contribution in [3.8, 4) is 17.3 Å². The standard InChI is InChI=1S/C27H27ClF4N6O3/c1-40-26-34-24-18(16-33-23(22(24)29)17-4-2-5-19(28)21(17)27(30,31)32)25(35-26)38-10-8-37(9-11-38)20(39)6-3-7-36-12-14-41-15-13-36/h2-6,16H,7-15H2,1H3/b6-3+. The highest BCUT2D eigenvalue weighted by Crippen LogP contribution is 2.42. The normalized spacial score (nSPS) is 17.0. The van der Waals surface area contributed by atoms with Gasteiger partial charge in [0.25, 0.3) is 0 Å². The van der Waals surface area contributed by atoms with Crippen molar-refractivity contribution in [2.75, 3.05) is 71.0 Å². The molecule has 2 aliphatic heterocycles. The Kier molecular flexibility index (Phi) is 8.57. The van der Waals surface area contributed by atoms with Gasteiger partial charge in [-0.25, -0.2) is 4.39 Å². The summed E-state index contributed by atoms with van der Waals surface area (Å²) in [7, 11) is 1.31. The number of carbonyl (C=O) groups excluding carboxylic acids is 1. The second kappa shape index (κ2) is 12.1. The van der Waals surface area contributed by atoms with Crippen molar-refractivity contribution in [2.24, 2.45) is 0 Å². The third-order valence-electron chi connectivity index (χ3n) is 7.00. The monoisotopic (exact) mass is 594 g/mol. The summed E-state index contributed by atoms with van der Waals surface area (Å²) < 4.78 is 67.7. The SMILES string of the molecule is COc1nc(N2CCN(C(=O)/C=C/CN3CCOCC3)CC2)c2cnc(-c3cccc(Cl)c3C(F)(F)F)c(F)c2n1. The highest BCUT2D eigenvalue weighted by molar-refractivity contribution is 6.31. The number of hydrogen-bond acceptors (Lipinski definition) is 8. The van der Waals surface area contributed by atoms with Gasteiger partial charge >= 0.3 is 12.2 Å². The molecule has 0 unspecified atom stereocenters. The van der Waals surface area contributed by atoms with Gasteiger partial charge in [0.1, 0.15) is 17.0 Å². The highest BCUT2D eigenvalue weighted by Gasteiger charge is 2.37. The minimum absolute atomic E-state index is 0.109. The number of ether oxygens (including phenoxy) is 2. The van der Waals surface area contributed by atoms with Crippen molar-refractivity contribution in [3.63, 3.8) is 0 Å². The van der Waals surface area contributed by atoms with Crippen molar-refractivity contribution in [2.45, 2.75) is 6.18 Å². The number of amides is 1. The Morgan fingerprint density at radius 1 is 1.12 bits per heavy atom. The number of benzene rings is 1. The number of halogens is 5. The summed E-state index contributed by atoms with van der Waals surface area (Å²) in [6, 6.07) is 3.33. The quantitative estimate of drug-likeness (QED) is 0.312. The first-order valence-corrected chi connectivity index (χ1v) is 13.3. The van der Waals surface area contributed by atoms with E-state index in [1.807, 2.05) is 11.0 Å². The zero-order valence-corrected chi connectivity index (χ0v) is 22.9. The summed E-state index contributed by atoms with van der Waals surface area (Å²) in [5.41, 5.74) is -2.47. The van der Waals surface area contributed by atoms with Crippen LogP contribution in [0, 0.1) is 5.82 Å². The minimum Gasteiger partial charge on any atom is -0.467 e. The lowest BCUT2D eigenvalue weighted by Gasteiger charge is -2.35. The molecule has 14 heteroatoms. The largest absolute Gasteiger partial charge is 0.467 e. The van der Waals surface area contributed by atoms with Crippen LogP contribution in [-0.2, 0) is 15.7 Å². The summed E-state index contributed by atoms with van der Waals surface area (Å²) in [5.74, 6) is -0.860. The second-order valence-corrected chi connectivity index (χ2v) is 9.91. The Balaban J connectivity index is 1.38. The number of fused-ring (bicyclic) bond motifs is 1. The summed E-state index contributed by atoms with van der Waals surface area (Å²) in [4.78, 5) is 31.0. The van der Waals surface area contributed by atoms with Gasteiger partial charge in [0.2, 0.25) is 5.91 Å². The Hall–Kier alpha value is -3.55. The van der Waals surface area contributed by atoms with E-state index >= 15 is 4.39 Å². The Morgan fingerprint density at radius 3 is 2.54 bits per heavy atom. The van der Waals surface area contributed by atoms with E-state index in [1.165, 1.54) is 19.4 Å². The molecule has 2 fully saturated rings. The molecule has 2 aliphatic rings. The number of hydrogen-bond donors (Lipinski definition) is 0. The number of pyridine rings is 1. The molecule has 0 spiro atoms. The fraction of sp³-hybridized carbons (Fsp3) is 0.407. The topological polar surface area (TPSA) is 83.9 Å². The zero-order chi connectivity index (χ0) is 29.1. The molecule has 218 valence electrons. The third kappa shape index (κ3) is 6.21. The fourth-order valence-electron chi connectivity index (χ4n) is 4.88. The van der Waals surface area contributed by atoms with Crippen molar-refractivity contribution in [1.29, 1.82) is 0 Å². The van der Waals surface area contributed by atoms with Crippen LogP contribution in [0.2, 0.25) is 5.02 Å². The second-order valence-electron chi connectivity index (χ2n) is 9.50. The molecule has 9 nitrogen and oxygen atoms in total. The summed E-state index contributed by atoms with van der Waals surface area (Å²) in [6.07, 6.45) is -0.172. The average Bonchev–Trinajstić information content (AvgIpc) is 2.97. The van der Waals surface area contributed by atoms with E-state index in [9.17, 15) is 18.0 Å². The zero-order valence-electron chi connectivity index (χ0n) is 22.1. The van der Waals surface area contributed by atoms with Crippen LogP contribution in [0.5, 0.6) is 6.01 Å². The molecule has 4 heterocycles. The number of piperazine rings is 1. The summed E-state index contributed by atoms with van der Waals surface area (Å²) >= 11 is 5.85. The first-order valence-electron chi connectivity index (χ1n) is 12.9. The number of aromatic nitrogens is 3. The van der Waals surface area contributed by atoms with Crippen molar-refractivity contribution >= 4 is 34.2 Å². The van der Waals surface area contributed by atoms with Crippen LogP contribution < -0.4 is 9.64 Å². The molecule has 2 aromatic heterocycles. The first-order chi connectivity index (χ1) is 19.7. The number of nitrogens with zero attached hydrogens (tertiary/aromatic N) is 6. The van der Waals surface area contributed by atoms with Gasteiger partial charge in [-0.15, -0.1) is 0 Å². The predicted molar refractivity (Wildman–Crippen MR) is 144 cm³/mol. The molecule has 0 radical (unpaired) electrons. The van der Waals surface area contributed by atoms with Crippen LogP contribution in [0.1, 0.15) is 5.56 Å². The van der Waals surface area contributed by atoms with Gasteiger partial charge in [0, 0.05) is 63.6 Å². The van der Waals surface area contributed by atoms with Gasteiger partial charge in [-0.05, 0) is 6.07 Å². The number of anilines is 1. The molecular formula is C27H27ClF4N6O3. The molecule has 0 saturated carbocycles. The van der Waals surface area contributed by atoms with Gasteiger partial charge in [0.15, 0.2) is 5.82 Å². The van der Waals surface area contributed by atoms with Gasteiger partial charge < -0.3 is 19.3 Å². The number of morpholine rings is 1. The molecule has 41 heavy (non-hydrogen) atoms. The Labute approximate surface area is 238 Å². The van der Waals surface area contributed by atoms with Crippen molar-refractivity contribution in [1.82, 2.24) is 24.8 Å². The van der Waals surface area contributed by atoms with E-state index in [4.69, 9.17) is 21.1 Å². The number of methoxy groups -OCH3 is 1. The highest BCUT2D eigenvalue weighted by atomic mass is 35.5. The molecule has 0 atom stereocenters. The van der Waals surface area contributed by atoms with Crippen LogP contribution in [-0.4, -0.2) is 96.8 Å². The fourth-order valence-corrected chi connectivity index (χ4v) is 5.16. The van der Waals surface area contributed by atoms with E-state index in [0.29, 0.717) is 51.8 Å². The smallest absolute Gasteiger partial charge is 0.418 e. The molecule has 2 saturated heterocycles. The summed E-state index contributed by atoms with van der Waals surface area (Å²) in [5, 5.41) is -0.367. The van der Waals surface area contributed by atoms with E-state index in [1.54, 1.807) is 11.0 Å². The van der Waals surface area contributed by atoms with E-state index in [0.717, 1.165) is 25.2 Å². The molecule has 5 rings (SSSR count). The van der Waals surface area contributed by atoms with Crippen LogP contribution >= 0.6 is 11.6 Å². The maximum Gasteiger partial charge on any atom is 0.418 e. The van der Waals surface area contributed by atoms with Crippen LogP contribution in [0.15, 0.2) is 36.5 Å². The summed E-state index contributed by atoms with van der Waals surface area (Å²) in [6.45, 7) is 5.23. The molecule has 0 aliphatic carbocycles. The van der Waals surface area contributed by atoms with Crippen molar-refractivity contribution in [3.05, 3.63) is 53.0 Å². The minimum atomic E-state index is -4.83. The lowest BCUT2D eigenvalue weighted by atomic mass is 10.0. The number of alkyl halides is 3. The van der Waals surface area contributed by atoms with Gasteiger partial charge in [-0.3, -0.25) is 14.7 Å². The number of carbonyl (C=O) groups is 1. The third-order valence-corrected chi connectivity index (χ3v) is 7.31. The molecule has 0 N–H and O–H groups in total. The van der Waals surface area contributed by atoms with Gasteiger partial charge in [-0.2, -0.15) is 23.1 Å². The lowest BCUT2D eigenvalue weighted by Crippen LogP contribution is -2.48. The van der Waals surface area contributed by atoms with E-state index in [2.05, 4.69) is 19.9 Å². The number of rotatable bonds is 6. The van der Waals surface area contributed by atoms with Gasteiger partial charge in [0.05, 0.1) is 36.3 Å². The predicted octanol–water partition coefficient (Wildman–Crippen LogP) is 4.05. The maximum absolute atomic E-state index is 15.8. The van der Waals surface area contributed by atoms with Crippen molar-refractivity contribution < 1.29 is 31.8 Å². The first kappa shape index (κ1) is 29.0. The van der Waals surface area contributed by atoms with E-state index < -0.39 is 33.8 Å². The molecule has 0 bridgehead atoms. The molecule has 1 aromatic carbocycles. The van der Waals surface area contributed by atoms with Crippen LogP contribution in [0.3, 0.4) is 0 Å². The molecule has 1 amide bonds. The molecular weight excluding hydrogens is 568 g/mol. The maximum atomic E-state index is 15.8. The average molecular weight is 595 g/mol. The lowest BCUT2D eigenvalue weighted by molar-refractivity contribution is -0.137. The van der Waals surface area contributed by atoms with Crippen LogP contribution in [0.4, 0.5) is 23.4 Å².